The van der Waals surface area contributed by atoms with Crippen molar-refractivity contribution in [3.8, 4) is 10.6 Å². The molecule has 0 aliphatic carbocycles. The molecule has 0 unspecified atom stereocenters. The molecule has 2 aromatic heterocycles. The molecular formula is C19H13ClF2N4S4. The molecule has 4 nitrogen and oxygen atoms in total. The Morgan fingerprint density at radius 2 is 1.80 bits per heavy atom. The van der Waals surface area contributed by atoms with Crippen molar-refractivity contribution in [2.75, 3.05) is 5.32 Å². The molecule has 0 aliphatic rings. The molecule has 0 fully saturated rings. The van der Waals surface area contributed by atoms with Crippen LogP contribution in [-0.4, -0.2) is 20.9 Å². The summed E-state index contributed by atoms with van der Waals surface area (Å²) in [6, 6.07) is 14.4. The molecular weight excluding hydrogens is 486 g/mol. The zero-order valence-electron chi connectivity index (χ0n) is 15.1. The van der Waals surface area contributed by atoms with Crippen molar-refractivity contribution in [2.45, 2.75) is 20.7 Å². The van der Waals surface area contributed by atoms with E-state index in [1.165, 1.54) is 11.3 Å². The summed E-state index contributed by atoms with van der Waals surface area (Å²) in [6.07, 6.45) is 0. The van der Waals surface area contributed by atoms with Gasteiger partial charge in [0.15, 0.2) is 4.34 Å². The summed E-state index contributed by atoms with van der Waals surface area (Å²) in [5.74, 6) is -1.73. The first-order chi connectivity index (χ1) is 14.5. The molecule has 30 heavy (non-hydrogen) atoms. The molecule has 1 N–H and O–H groups in total. The van der Waals surface area contributed by atoms with Gasteiger partial charge in [0.1, 0.15) is 5.01 Å². The van der Waals surface area contributed by atoms with Crippen LogP contribution >= 0.6 is 57.8 Å². The van der Waals surface area contributed by atoms with Gasteiger partial charge in [-0.3, -0.25) is 0 Å². The quantitative estimate of drug-likeness (QED) is 0.251. The van der Waals surface area contributed by atoms with Crippen LogP contribution in [0, 0.1) is 0 Å². The average Bonchev–Trinajstić information content (AvgIpc) is 3.38. The number of thiazole rings is 1. The number of nitrogens with one attached hydrogen (secondary N) is 1. The number of thioether (sulfide) groups is 2. The molecule has 0 saturated carbocycles. The standard InChI is InChI=1S/C19H13ClF2N4S4/c20-12-3-1-11(2-4-12)16-23-14(9-27-16)10-28-19-26-25-18(30-19)24-13-5-7-15(8-6-13)29-17(21)22/h1-9,17H,10H2,(H,24,25). The summed E-state index contributed by atoms with van der Waals surface area (Å²) in [4.78, 5) is 5.19. The minimum atomic E-state index is -2.42. The van der Waals surface area contributed by atoms with Crippen molar-refractivity contribution in [3.63, 3.8) is 0 Å². The Balaban J connectivity index is 1.32. The number of alkyl halides is 2. The van der Waals surface area contributed by atoms with Gasteiger partial charge < -0.3 is 5.32 Å². The lowest BCUT2D eigenvalue weighted by Crippen LogP contribution is -1.89. The number of rotatable bonds is 8. The van der Waals surface area contributed by atoms with Crippen LogP contribution in [0.15, 0.2) is 63.1 Å². The van der Waals surface area contributed by atoms with Gasteiger partial charge >= 0.3 is 0 Å². The fraction of sp³-hybridized carbons (Fsp3) is 0.105. The number of hydrogen-bond donors (Lipinski definition) is 1. The Morgan fingerprint density at radius 1 is 1.03 bits per heavy atom. The highest BCUT2D eigenvalue weighted by Gasteiger charge is 2.10. The monoisotopic (exact) mass is 498 g/mol. The molecule has 4 aromatic rings. The van der Waals surface area contributed by atoms with Crippen LogP contribution in [-0.2, 0) is 5.75 Å². The highest BCUT2D eigenvalue weighted by Crippen LogP contribution is 2.32. The van der Waals surface area contributed by atoms with E-state index in [-0.39, 0.29) is 0 Å². The van der Waals surface area contributed by atoms with Gasteiger partial charge in [0.05, 0.1) is 5.69 Å². The molecule has 0 spiro atoms. The molecule has 0 radical (unpaired) electrons. The van der Waals surface area contributed by atoms with Crippen LogP contribution in [0.2, 0.25) is 5.02 Å². The maximum absolute atomic E-state index is 12.4. The van der Waals surface area contributed by atoms with Crippen LogP contribution in [0.3, 0.4) is 0 Å². The molecule has 0 amide bonds. The highest BCUT2D eigenvalue weighted by molar-refractivity contribution is 8.00. The van der Waals surface area contributed by atoms with Gasteiger partial charge in [-0.15, -0.1) is 21.5 Å². The van der Waals surface area contributed by atoms with Gasteiger partial charge in [-0.25, -0.2) is 4.98 Å². The summed E-state index contributed by atoms with van der Waals surface area (Å²) in [6.45, 7) is 0. The topological polar surface area (TPSA) is 50.7 Å². The first-order valence-corrected chi connectivity index (χ1v) is 12.5. The normalized spacial score (nSPS) is 11.2. The SMILES string of the molecule is FC(F)Sc1ccc(Nc2nnc(SCc3csc(-c4ccc(Cl)cc4)n3)s2)cc1. The molecule has 0 aliphatic heterocycles. The summed E-state index contributed by atoms with van der Waals surface area (Å²) in [7, 11) is 0. The van der Waals surface area contributed by atoms with Crippen molar-refractivity contribution < 1.29 is 8.78 Å². The number of nitrogens with zero attached hydrogens (tertiary/aromatic N) is 3. The van der Waals surface area contributed by atoms with Crippen molar-refractivity contribution in [3.05, 3.63) is 64.6 Å². The first-order valence-electron chi connectivity index (χ1n) is 8.54. The largest absolute Gasteiger partial charge is 0.330 e. The van der Waals surface area contributed by atoms with E-state index in [4.69, 9.17) is 11.6 Å². The van der Waals surface area contributed by atoms with Crippen molar-refractivity contribution >= 4 is 68.6 Å². The Morgan fingerprint density at radius 3 is 2.53 bits per heavy atom. The smallest absolute Gasteiger partial charge is 0.288 e. The summed E-state index contributed by atoms with van der Waals surface area (Å²) >= 11 is 11.0. The second kappa shape index (κ2) is 10.1. The van der Waals surface area contributed by atoms with E-state index in [0.29, 0.717) is 32.6 Å². The van der Waals surface area contributed by atoms with Gasteiger partial charge in [0.25, 0.3) is 5.76 Å². The van der Waals surface area contributed by atoms with Crippen molar-refractivity contribution in [1.29, 1.82) is 0 Å². The number of benzene rings is 2. The Kier molecular flexibility index (Phi) is 7.21. The van der Waals surface area contributed by atoms with Crippen LogP contribution in [0.5, 0.6) is 0 Å². The lowest BCUT2D eigenvalue weighted by Gasteiger charge is -2.03. The fourth-order valence-corrected chi connectivity index (χ4v) is 5.62. The summed E-state index contributed by atoms with van der Waals surface area (Å²) < 4.78 is 25.6. The zero-order valence-corrected chi connectivity index (χ0v) is 19.1. The first kappa shape index (κ1) is 21.5. The summed E-state index contributed by atoms with van der Waals surface area (Å²) in [5.41, 5.74) is 2.79. The second-order valence-corrected chi connectivity index (χ2v) is 10.4. The number of halogens is 3. The average molecular weight is 499 g/mol. The Labute approximate surface area is 193 Å². The van der Waals surface area contributed by atoms with E-state index in [2.05, 4.69) is 20.5 Å². The third-order valence-electron chi connectivity index (χ3n) is 3.72. The molecule has 4 rings (SSSR count). The maximum Gasteiger partial charge on any atom is 0.288 e. The van der Waals surface area contributed by atoms with Crippen LogP contribution in [0.25, 0.3) is 10.6 Å². The fourth-order valence-electron chi connectivity index (χ4n) is 2.40. The third-order valence-corrected chi connectivity index (χ3v) is 7.64. The van der Waals surface area contributed by atoms with Gasteiger partial charge in [-0.2, -0.15) is 8.78 Å². The van der Waals surface area contributed by atoms with Crippen molar-refractivity contribution in [1.82, 2.24) is 15.2 Å². The maximum atomic E-state index is 12.4. The van der Waals surface area contributed by atoms with E-state index in [0.717, 1.165) is 26.3 Å². The molecule has 0 bridgehead atoms. The molecule has 0 saturated heterocycles. The minimum absolute atomic E-state index is 0.519. The van der Waals surface area contributed by atoms with Crippen LogP contribution in [0.4, 0.5) is 19.6 Å². The van der Waals surface area contributed by atoms with Gasteiger partial charge in [-0.1, -0.05) is 58.6 Å². The predicted octanol–water partition coefficient (Wildman–Crippen LogP) is 7.67. The lowest BCUT2D eigenvalue weighted by atomic mass is 10.2. The van der Waals surface area contributed by atoms with E-state index in [1.807, 2.05) is 29.6 Å². The Hall–Kier alpha value is -1.72. The van der Waals surface area contributed by atoms with Gasteiger partial charge in [-0.05, 0) is 36.4 Å². The number of hydrogen-bond acceptors (Lipinski definition) is 8. The van der Waals surface area contributed by atoms with E-state index < -0.39 is 5.76 Å². The number of aromatic nitrogens is 3. The van der Waals surface area contributed by atoms with E-state index in [1.54, 1.807) is 47.4 Å². The van der Waals surface area contributed by atoms with Crippen LogP contribution in [0.1, 0.15) is 5.69 Å². The molecule has 2 heterocycles. The number of anilines is 2. The third kappa shape index (κ3) is 5.92. The van der Waals surface area contributed by atoms with Gasteiger partial charge in [0.2, 0.25) is 5.13 Å². The second-order valence-electron chi connectivity index (χ2n) is 5.84. The lowest BCUT2D eigenvalue weighted by molar-refractivity contribution is 0.252. The molecule has 11 heteroatoms. The van der Waals surface area contributed by atoms with Crippen LogP contribution < -0.4 is 5.32 Å². The summed E-state index contributed by atoms with van der Waals surface area (Å²) in [5, 5.41) is 15.8. The van der Waals surface area contributed by atoms with Crippen molar-refractivity contribution in [2.24, 2.45) is 0 Å². The zero-order chi connectivity index (χ0) is 20.9. The van der Waals surface area contributed by atoms with E-state index >= 15 is 0 Å². The predicted molar refractivity (Wildman–Crippen MR) is 124 cm³/mol. The molecule has 2 aromatic carbocycles. The minimum Gasteiger partial charge on any atom is -0.330 e. The molecule has 0 atom stereocenters. The van der Waals surface area contributed by atoms with Gasteiger partial charge in [0, 0.05) is 32.3 Å². The van der Waals surface area contributed by atoms with E-state index in [9.17, 15) is 8.78 Å². The Bertz CT molecular complexity index is 1100. The highest BCUT2D eigenvalue weighted by atomic mass is 35.5. The molecule has 154 valence electrons.